The summed E-state index contributed by atoms with van der Waals surface area (Å²) in [6.07, 6.45) is 2.23. The Morgan fingerprint density at radius 3 is 2.65 bits per heavy atom. The molecular formula is C17H19BrClN. The number of nitrogens with one attached hydrogen (secondary N) is 1. The second-order valence-corrected chi connectivity index (χ2v) is 6.33. The largest absolute Gasteiger partial charge is 0.310 e. The summed E-state index contributed by atoms with van der Waals surface area (Å²) >= 11 is 9.58. The molecule has 1 atom stereocenters. The van der Waals surface area contributed by atoms with Gasteiger partial charge < -0.3 is 5.32 Å². The molecule has 2 aromatic rings. The van der Waals surface area contributed by atoms with Gasteiger partial charge in [-0.15, -0.1) is 0 Å². The summed E-state index contributed by atoms with van der Waals surface area (Å²) in [6.45, 7) is 3.05. The van der Waals surface area contributed by atoms with E-state index in [0.29, 0.717) is 6.04 Å². The Morgan fingerprint density at radius 2 is 1.90 bits per heavy atom. The summed E-state index contributed by atoms with van der Waals surface area (Å²) in [5.41, 5.74) is 2.59. The third-order valence-corrected chi connectivity index (χ3v) is 4.37. The van der Waals surface area contributed by atoms with Crippen LogP contribution in [0.2, 0.25) is 5.02 Å². The Morgan fingerprint density at radius 1 is 1.15 bits per heavy atom. The molecule has 3 heteroatoms. The van der Waals surface area contributed by atoms with Crippen molar-refractivity contribution in [2.24, 2.45) is 0 Å². The summed E-state index contributed by atoms with van der Waals surface area (Å²) in [5, 5.41) is 4.33. The minimum Gasteiger partial charge on any atom is -0.310 e. The number of halogens is 2. The minimum atomic E-state index is 0.473. The lowest BCUT2D eigenvalue weighted by Gasteiger charge is -2.15. The highest BCUT2D eigenvalue weighted by Crippen LogP contribution is 2.21. The second kappa shape index (κ2) is 7.82. The molecule has 1 nitrogen and oxygen atoms in total. The number of rotatable bonds is 6. The smallest absolute Gasteiger partial charge is 0.0410 e. The van der Waals surface area contributed by atoms with Gasteiger partial charge in [0.2, 0.25) is 0 Å². The molecule has 0 saturated carbocycles. The molecule has 0 aliphatic heterocycles. The number of hydrogen-bond acceptors (Lipinski definition) is 1. The quantitative estimate of drug-likeness (QED) is 0.752. The molecule has 0 radical (unpaired) electrons. The normalized spacial score (nSPS) is 12.3. The van der Waals surface area contributed by atoms with Crippen LogP contribution in [0.5, 0.6) is 0 Å². The minimum absolute atomic E-state index is 0.473. The molecule has 20 heavy (non-hydrogen) atoms. The highest BCUT2D eigenvalue weighted by atomic mass is 79.9. The van der Waals surface area contributed by atoms with E-state index in [4.69, 9.17) is 11.6 Å². The monoisotopic (exact) mass is 351 g/mol. The topological polar surface area (TPSA) is 12.0 Å². The first kappa shape index (κ1) is 15.6. The Hall–Kier alpha value is -0.830. The van der Waals surface area contributed by atoms with Crippen molar-refractivity contribution >= 4 is 27.5 Å². The van der Waals surface area contributed by atoms with Crippen molar-refractivity contribution in [1.82, 2.24) is 5.32 Å². The third kappa shape index (κ3) is 4.93. The van der Waals surface area contributed by atoms with Gasteiger partial charge in [0.15, 0.2) is 0 Å². The van der Waals surface area contributed by atoms with E-state index in [9.17, 15) is 0 Å². The van der Waals surface area contributed by atoms with Crippen LogP contribution in [0, 0.1) is 0 Å². The van der Waals surface area contributed by atoms with Gasteiger partial charge >= 0.3 is 0 Å². The van der Waals surface area contributed by atoms with Crippen molar-refractivity contribution in [3.63, 3.8) is 0 Å². The van der Waals surface area contributed by atoms with Gasteiger partial charge in [0.25, 0.3) is 0 Å². The first-order valence-electron chi connectivity index (χ1n) is 6.86. The lowest BCUT2D eigenvalue weighted by atomic mass is 10.1. The van der Waals surface area contributed by atoms with Gasteiger partial charge in [-0.25, -0.2) is 0 Å². The standard InChI is InChI=1S/C17H19BrClN/c1-13(7-8-14-5-3-2-4-6-14)20-12-15-11-16(19)9-10-17(15)18/h2-6,9-11,13,20H,7-8,12H2,1H3. The molecule has 106 valence electrons. The Labute approximate surface area is 134 Å². The molecule has 0 fully saturated rings. The zero-order valence-corrected chi connectivity index (χ0v) is 13.9. The number of benzene rings is 2. The van der Waals surface area contributed by atoms with Crippen molar-refractivity contribution < 1.29 is 0 Å². The zero-order chi connectivity index (χ0) is 14.4. The molecule has 0 aliphatic carbocycles. The molecule has 0 amide bonds. The molecule has 1 unspecified atom stereocenters. The van der Waals surface area contributed by atoms with Crippen LogP contribution in [0.4, 0.5) is 0 Å². The summed E-state index contributed by atoms with van der Waals surface area (Å²) in [6, 6.07) is 17.0. The molecule has 0 spiro atoms. The molecule has 0 heterocycles. The molecule has 0 aliphatic rings. The van der Waals surface area contributed by atoms with E-state index >= 15 is 0 Å². The fraction of sp³-hybridized carbons (Fsp3) is 0.294. The van der Waals surface area contributed by atoms with Crippen LogP contribution in [0.25, 0.3) is 0 Å². The molecular weight excluding hydrogens is 334 g/mol. The van der Waals surface area contributed by atoms with Crippen molar-refractivity contribution in [2.75, 3.05) is 0 Å². The van der Waals surface area contributed by atoms with Gasteiger partial charge in [-0.05, 0) is 49.1 Å². The maximum Gasteiger partial charge on any atom is 0.0410 e. The van der Waals surface area contributed by atoms with Gasteiger partial charge in [-0.2, -0.15) is 0 Å². The highest BCUT2D eigenvalue weighted by Gasteiger charge is 2.05. The van der Waals surface area contributed by atoms with E-state index in [1.54, 1.807) is 0 Å². The van der Waals surface area contributed by atoms with Crippen LogP contribution >= 0.6 is 27.5 Å². The SMILES string of the molecule is CC(CCc1ccccc1)NCc1cc(Cl)ccc1Br. The molecule has 0 aromatic heterocycles. The predicted octanol–water partition coefficient (Wildman–Crippen LogP) is 5.21. The molecule has 2 aromatic carbocycles. The van der Waals surface area contributed by atoms with E-state index in [-0.39, 0.29) is 0 Å². The van der Waals surface area contributed by atoms with Gasteiger partial charge in [0.05, 0.1) is 0 Å². The van der Waals surface area contributed by atoms with Crippen molar-refractivity contribution in [3.8, 4) is 0 Å². The molecule has 0 bridgehead atoms. The van der Waals surface area contributed by atoms with Crippen LogP contribution in [0.1, 0.15) is 24.5 Å². The Bertz CT molecular complexity index is 542. The number of hydrogen-bond donors (Lipinski definition) is 1. The van der Waals surface area contributed by atoms with Gasteiger partial charge in [-0.3, -0.25) is 0 Å². The van der Waals surface area contributed by atoms with Gasteiger partial charge in [0.1, 0.15) is 0 Å². The average molecular weight is 353 g/mol. The van der Waals surface area contributed by atoms with E-state index < -0.39 is 0 Å². The molecule has 1 N–H and O–H groups in total. The predicted molar refractivity (Wildman–Crippen MR) is 90.2 cm³/mol. The summed E-state index contributed by atoms with van der Waals surface area (Å²) in [5.74, 6) is 0. The van der Waals surface area contributed by atoms with Crippen LogP contribution < -0.4 is 5.32 Å². The lowest BCUT2D eigenvalue weighted by molar-refractivity contribution is 0.513. The van der Waals surface area contributed by atoms with E-state index in [0.717, 1.165) is 28.9 Å². The molecule has 0 saturated heterocycles. The summed E-state index contributed by atoms with van der Waals surface area (Å²) < 4.78 is 1.10. The lowest BCUT2D eigenvalue weighted by Crippen LogP contribution is -2.26. The average Bonchev–Trinajstić information content (AvgIpc) is 2.47. The second-order valence-electron chi connectivity index (χ2n) is 5.04. The van der Waals surface area contributed by atoms with Gasteiger partial charge in [-0.1, -0.05) is 57.9 Å². The highest BCUT2D eigenvalue weighted by molar-refractivity contribution is 9.10. The van der Waals surface area contributed by atoms with Crippen LogP contribution in [-0.2, 0) is 13.0 Å². The number of aryl methyl sites for hydroxylation is 1. The first-order valence-corrected chi connectivity index (χ1v) is 8.03. The van der Waals surface area contributed by atoms with Crippen LogP contribution in [-0.4, -0.2) is 6.04 Å². The summed E-state index contributed by atoms with van der Waals surface area (Å²) in [7, 11) is 0. The van der Waals surface area contributed by atoms with Crippen LogP contribution in [0.15, 0.2) is 53.0 Å². The van der Waals surface area contributed by atoms with Crippen molar-refractivity contribution in [3.05, 3.63) is 69.2 Å². The van der Waals surface area contributed by atoms with Crippen molar-refractivity contribution in [2.45, 2.75) is 32.4 Å². The zero-order valence-electron chi connectivity index (χ0n) is 11.6. The van der Waals surface area contributed by atoms with Crippen LogP contribution in [0.3, 0.4) is 0 Å². The molecule has 2 rings (SSSR count). The van der Waals surface area contributed by atoms with E-state index in [1.165, 1.54) is 11.1 Å². The third-order valence-electron chi connectivity index (χ3n) is 3.36. The first-order chi connectivity index (χ1) is 9.65. The van der Waals surface area contributed by atoms with E-state index in [2.05, 4.69) is 58.5 Å². The fourth-order valence-electron chi connectivity index (χ4n) is 2.09. The Balaban J connectivity index is 1.80. The Kier molecular flexibility index (Phi) is 6.08. The summed E-state index contributed by atoms with van der Waals surface area (Å²) in [4.78, 5) is 0. The van der Waals surface area contributed by atoms with E-state index in [1.807, 2.05) is 18.2 Å². The fourth-order valence-corrected chi connectivity index (χ4v) is 2.67. The maximum atomic E-state index is 6.02. The maximum absolute atomic E-state index is 6.02. The van der Waals surface area contributed by atoms with Gasteiger partial charge in [0, 0.05) is 22.1 Å². The van der Waals surface area contributed by atoms with Crippen molar-refractivity contribution in [1.29, 1.82) is 0 Å².